The first-order valence-corrected chi connectivity index (χ1v) is 9.21. The highest BCUT2D eigenvalue weighted by Crippen LogP contribution is 2.32. The number of rotatable bonds is 6. The Morgan fingerprint density at radius 2 is 1.84 bits per heavy atom. The minimum absolute atomic E-state index is 0.0000985. The summed E-state index contributed by atoms with van der Waals surface area (Å²) in [7, 11) is 0. The van der Waals surface area contributed by atoms with E-state index in [1.807, 2.05) is 0 Å². The van der Waals surface area contributed by atoms with Crippen LogP contribution in [0.1, 0.15) is 29.8 Å². The number of aromatic nitrogens is 1. The van der Waals surface area contributed by atoms with Crippen LogP contribution in [0.25, 0.3) is 0 Å². The molecule has 0 aliphatic carbocycles. The number of halogens is 4. The van der Waals surface area contributed by atoms with E-state index in [1.54, 1.807) is 19.9 Å². The largest absolute Gasteiger partial charge is 0.452 e. The predicted molar refractivity (Wildman–Crippen MR) is 107 cm³/mol. The fourth-order valence-electron chi connectivity index (χ4n) is 2.25. The lowest BCUT2D eigenvalue weighted by Crippen LogP contribution is -2.34. The molecule has 0 aliphatic rings. The maximum absolute atomic E-state index is 12.6. The van der Waals surface area contributed by atoms with Crippen molar-refractivity contribution in [2.45, 2.75) is 26.1 Å². The molecule has 2 rings (SSSR count). The van der Waals surface area contributed by atoms with Crippen LogP contribution in [-0.4, -0.2) is 35.5 Å². The van der Waals surface area contributed by atoms with Gasteiger partial charge in [0.2, 0.25) is 0 Å². The number of alkyl halides is 3. The van der Waals surface area contributed by atoms with Crippen molar-refractivity contribution in [1.29, 1.82) is 0 Å². The second kappa shape index (κ2) is 10.1. The number of anilines is 2. The molecule has 0 fully saturated rings. The molecule has 0 saturated carbocycles. The van der Waals surface area contributed by atoms with Gasteiger partial charge in [0.25, 0.3) is 5.91 Å². The van der Waals surface area contributed by atoms with Crippen molar-refractivity contribution in [3.05, 3.63) is 52.7 Å². The number of urea groups is 1. The molecule has 1 aromatic heterocycles. The first-order valence-electron chi connectivity index (χ1n) is 8.83. The number of ether oxygens (including phenoxy) is 1. The Bertz CT molecular complexity index is 983. The lowest BCUT2D eigenvalue weighted by Gasteiger charge is -2.13. The summed E-state index contributed by atoms with van der Waals surface area (Å²) in [5.74, 6) is -2.09. The third-order valence-electron chi connectivity index (χ3n) is 3.58. The van der Waals surface area contributed by atoms with Gasteiger partial charge >= 0.3 is 18.2 Å². The van der Waals surface area contributed by atoms with E-state index in [0.29, 0.717) is 12.3 Å². The van der Waals surface area contributed by atoms with Crippen LogP contribution in [0.3, 0.4) is 0 Å². The van der Waals surface area contributed by atoms with E-state index in [9.17, 15) is 27.6 Å². The smallest absolute Gasteiger partial charge is 0.417 e. The Hall–Kier alpha value is -3.34. The maximum atomic E-state index is 12.6. The lowest BCUT2D eigenvalue weighted by atomic mass is 10.2. The van der Waals surface area contributed by atoms with Crippen molar-refractivity contribution < 1.29 is 32.3 Å². The summed E-state index contributed by atoms with van der Waals surface area (Å²) in [4.78, 5) is 39.6. The second-order valence-electron chi connectivity index (χ2n) is 6.48. The number of para-hydroxylation sites is 1. The standard InChI is InChI=1S/C19H18ClF3N4O4/c1-10(2)25-18(30)26-14-6-4-3-5-12(14)17(29)31-9-15(28)27-16-13(20)7-11(8-24-16)19(21,22)23/h3-8,10H,9H2,1-2H3,(H,24,27,28)(H2,25,26,30). The van der Waals surface area contributed by atoms with Gasteiger partial charge in [-0.3, -0.25) is 4.79 Å². The summed E-state index contributed by atoms with van der Waals surface area (Å²) in [6, 6.07) is 5.94. The fraction of sp³-hybridized carbons (Fsp3) is 0.263. The topological polar surface area (TPSA) is 109 Å². The van der Waals surface area contributed by atoms with Crippen molar-refractivity contribution >= 4 is 41.0 Å². The highest BCUT2D eigenvalue weighted by atomic mass is 35.5. The van der Waals surface area contributed by atoms with Crippen LogP contribution >= 0.6 is 11.6 Å². The number of pyridine rings is 1. The first-order chi connectivity index (χ1) is 14.5. The molecule has 3 N–H and O–H groups in total. The molecule has 166 valence electrons. The summed E-state index contributed by atoms with van der Waals surface area (Å²) in [6.45, 7) is 2.76. The van der Waals surface area contributed by atoms with Crippen LogP contribution in [0, 0.1) is 0 Å². The zero-order valence-corrected chi connectivity index (χ0v) is 17.1. The Morgan fingerprint density at radius 1 is 1.16 bits per heavy atom. The average molecular weight is 459 g/mol. The highest BCUT2D eigenvalue weighted by molar-refractivity contribution is 6.33. The molecule has 0 unspecified atom stereocenters. The monoisotopic (exact) mass is 458 g/mol. The van der Waals surface area contributed by atoms with Gasteiger partial charge in [0.1, 0.15) is 0 Å². The first kappa shape index (κ1) is 23.9. The van der Waals surface area contributed by atoms with Crippen molar-refractivity contribution in [1.82, 2.24) is 10.3 Å². The molecule has 1 aromatic carbocycles. The van der Waals surface area contributed by atoms with Gasteiger partial charge in [-0.05, 0) is 32.0 Å². The number of benzene rings is 1. The third kappa shape index (κ3) is 7.14. The minimum atomic E-state index is -4.64. The summed E-state index contributed by atoms with van der Waals surface area (Å²) >= 11 is 5.71. The Labute approximate surface area is 180 Å². The Morgan fingerprint density at radius 3 is 2.45 bits per heavy atom. The van der Waals surface area contributed by atoms with E-state index < -0.39 is 41.3 Å². The number of nitrogens with one attached hydrogen (secondary N) is 3. The average Bonchev–Trinajstić information content (AvgIpc) is 2.66. The summed E-state index contributed by atoms with van der Waals surface area (Å²) in [6.07, 6.45) is -4.13. The molecule has 2 aromatic rings. The SMILES string of the molecule is CC(C)NC(=O)Nc1ccccc1C(=O)OCC(=O)Nc1ncc(C(F)(F)F)cc1Cl. The predicted octanol–water partition coefficient (Wildman–Crippen LogP) is 4.08. The van der Waals surface area contributed by atoms with Gasteiger partial charge in [-0.1, -0.05) is 23.7 Å². The summed E-state index contributed by atoms with van der Waals surface area (Å²) in [5, 5.41) is 6.83. The van der Waals surface area contributed by atoms with Crippen LogP contribution in [0.15, 0.2) is 36.5 Å². The molecule has 8 nitrogen and oxygen atoms in total. The molecule has 1 heterocycles. The van der Waals surface area contributed by atoms with Gasteiger partial charge < -0.3 is 20.7 Å². The lowest BCUT2D eigenvalue weighted by molar-refractivity contribution is -0.137. The van der Waals surface area contributed by atoms with Crippen molar-refractivity contribution in [2.75, 3.05) is 17.2 Å². The Balaban J connectivity index is 1.99. The van der Waals surface area contributed by atoms with Crippen LogP contribution in [0.5, 0.6) is 0 Å². The van der Waals surface area contributed by atoms with Crippen molar-refractivity contribution in [2.24, 2.45) is 0 Å². The van der Waals surface area contributed by atoms with E-state index >= 15 is 0 Å². The molecule has 3 amide bonds. The molecule has 0 spiro atoms. The quantitative estimate of drug-likeness (QED) is 0.565. The number of hydrogen-bond acceptors (Lipinski definition) is 5. The van der Waals surface area contributed by atoms with E-state index in [4.69, 9.17) is 16.3 Å². The number of hydrogen-bond donors (Lipinski definition) is 3. The van der Waals surface area contributed by atoms with Gasteiger partial charge in [-0.2, -0.15) is 13.2 Å². The molecule has 0 bridgehead atoms. The van der Waals surface area contributed by atoms with Crippen molar-refractivity contribution in [3.8, 4) is 0 Å². The Kier molecular flexibility index (Phi) is 7.81. The van der Waals surface area contributed by atoms with E-state index in [2.05, 4.69) is 20.9 Å². The maximum Gasteiger partial charge on any atom is 0.417 e. The van der Waals surface area contributed by atoms with Gasteiger partial charge in [-0.15, -0.1) is 0 Å². The van der Waals surface area contributed by atoms with E-state index in [1.165, 1.54) is 18.2 Å². The van der Waals surface area contributed by atoms with E-state index in [0.717, 1.165) is 0 Å². The summed E-state index contributed by atoms with van der Waals surface area (Å²) in [5.41, 5.74) is -0.911. The van der Waals surface area contributed by atoms with Crippen LogP contribution < -0.4 is 16.0 Å². The molecule has 0 aliphatic heterocycles. The molecule has 0 atom stereocenters. The molecule has 12 heteroatoms. The van der Waals surface area contributed by atoms with Gasteiger partial charge in [0.05, 0.1) is 21.8 Å². The number of esters is 1. The fourth-order valence-corrected chi connectivity index (χ4v) is 2.47. The van der Waals surface area contributed by atoms with Crippen LogP contribution in [0.4, 0.5) is 29.5 Å². The van der Waals surface area contributed by atoms with Crippen LogP contribution in [-0.2, 0) is 15.7 Å². The number of carbonyl (C=O) groups excluding carboxylic acids is 3. The van der Waals surface area contributed by atoms with Gasteiger partial charge in [0.15, 0.2) is 12.4 Å². The zero-order valence-electron chi connectivity index (χ0n) is 16.3. The number of carbonyl (C=O) groups is 3. The highest BCUT2D eigenvalue weighted by Gasteiger charge is 2.31. The molecule has 0 radical (unpaired) electrons. The van der Waals surface area contributed by atoms with Gasteiger partial charge in [-0.25, -0.2) is 14.6 Å². The molecule has 0 saturated heterocycles. The number of amides is 3. The molecular weight excluding hydrogens is 441 g/mol. The number of nitrogens with zero attached hydrogens (tertiary/aromatic N) is 1. The van der Waals surface area contributed by atoms with Crippen molar-refractivity contribution in [3.63, 3.8) is 0 Å². The normalized spacial score (nSPS) is 11.1. The third-order valence-corrected chi connectivity index (χ3v) is 3.86. The van der Waals surface area contributed by atoms with Crippen LogP contribution in [0.2, 0.25) is 5.02 Å². The molecule has 31 heavy (non-hydrogen) atoms. The van der Waals surface area contributed by atoms with Gasteiger partial charge in [0, 0.05) is 12.2 Å². The minimum Gasteiger partial charge on any atom is -0.452 e. The van der Waals surface area contributed by atoms with E-state index in [-0.39, 0.29) is 23.1 Å². The zero-order chi connectivity index (χ0) is 23.2. The second-order valence-corrected chi connectivity index (χ2v) is 6.88. The molecular formula is C19H18ClF3N4O4. The summed E-state index contributed by atoms with van der Waals surface area (Å²) < 4.78 is 42.8.